The highest BCUT2D eigenvalue weighted by Gasteiger charge is 2.47. The van der Waals surface area contributed by atoms with Gasteiger partial charge in [0.15, 0.2) is 0 Å². The number of aliphatic carboxylic acids is 1. The van der Waals surface area contributed by atoms with Gasteiger partial charge in [0.05, 0.1) is 0 Å². The van der Waals surface area contributed by atoms with Gasteiger partial charge in [0.25, 0.3) is 0 Å². The normalized spacial score (nSPS) is 20.0. The molecule has 2 aromatic rings. The smallest absolute Gasteiger partial charge is 0.451 e. The number of carbonyl (C=O) groups is 1. The summed E-state index contributed by atoms with van der Waals surface area (Å²) in [5.41, 5.74) is 8.81. The summed E-state index contributed by atoms with van der Waals surface area (Å²) in [6.45, 7) is 0.752. The van der Waals surface area contributed by atoms with E-state index in [-0.39, 0.29) is 18.3 Å². The molecule has 6 N–H and O–H groups in total. The molecular weight excluding hydrogens is 391 g/mol. The van der Waals surface area contributed by atoms with Crippen LogP contribution in [0.15, 0.2) is 54.6 Å². The van der Waals surface area contributed by atoms with E-state index in [4.69, 9.17) is 15.8 Å². The quantitative estimate of drug-likeness (QED) is 0.264. The Morgan fingerprint density at radius 3 is 2.23 bits per heavy atom. The first-order valence-corrected chi connectivity index (χ1v) is 11.1. The molecule has 0 spiro atoms. The van der Waals surface area contributed by atoms with Gasteiger partial charge in [-0.15, -0.1) is 0 Å². The maximum absolute atomic E-state index is 11.8. The first-order valence-electron chi connectivity index (χ1n) is 11.1. The summed E-state index contributed by atoms with van der Waals surface area (Å²) in [7, 11) is -1.35. The number of rotatable bonds is 12. The lowest BCUT2D eigenvalue weighted by atomic mass is 9.66. The van der Waals surface area contributed by atoms with Crippen molar-refractivity contribution in [2.45, 2.75) is 63.0 Å². The van der Waals surface area contributed by atoms with E-state index >= 15 is 0 Å². The van der Waals surface area contributed by atoms with Crippen LogP contribution in [-0.4, -0.2) is 39.8 Å². The zero-order valence-corrected chi connectivity index (χ0v) is 17.9. The molecule has 166 valence electrons. The van der Waals surface area contributed by atoms with Gasteiger partial charge in [-0.1, -0.05) is 67.4 Å². The van der Waals surface area contributed by atoms with Gasteiger partial charge in [0, 0.05) is 12.6 Å². The fourth-order valence-corrected chi connectivity index (χ4v) is 4.30. The van der Waals surface area contributed by atoms with E-state index in [1.165, 1.54) is 16.7 Å². The van der Waals surface area contributed by atoms with Crippen LogP contribution in [0.5, 0.6) is 0 Å². The van der Waals surface area contributed by atoms with Gasteiger partial charge in [-0.3, -0.25) is 4.79 Å². The van der Waals surface area contributed by atoms with E-state index in [0.29, 0.717) is 19.3 Å². The molecular formula is C24H33BN2O4. The Hall–Kier alpha value is -2.19. The molecule has 6 nitrogen and oxygen atoms in total. The van der Waals surface area contributed by atoms with Crippen molar-refractivity contribution in [1.29, 1.82) is 0 Å². The van der Waals surface area contributed by atoms with Crippen molar-refractivity contribution in [1.82, 2.24) is 5.32 Å². The number of unbranched alkanes of at least 4 members (excludes halogenated alkanes) is 1. The molecule has 1 saturated carbocycles. The predicted molar refractivity (Wildman–Crippen MR) is 122 cm³/mol. The van der Waals surface area contributed by atoms with E-state index < -0.39 is 18.6 Å². The van der Waals surface area contributed by atoms with Crippen LogP contribution in [0.25, 0.3) is 0 Å². The Labute approximate surface area is 184 Å². The van der Waals surface area contributed by atoms with E-state index in [1.54, 1.807) is 0 Å². The molecule has 1 aliphatic carbocycles. The second-order valence-corrected chi connectivity index (χ2v) is 8.80. The van der Waals surface area contributed by atoms with Crippen LogP contribution in [0, 0.1) is 5.92 Å². The molecule has 0 radical (unpaired) electrons. The third-order valence-corrected chi connectivity index (χ3v) is 6.44. The fourth-order valence-electron chi connectivity index (χ4n) is 4.30. The summed E-state index contributed by atoms with van der Waals surface area (Å²) in [5.74, 6) is -1.02. The number of nitrogens with two attached hydrogens (primary N) is 1. The summed E-state index contributed by atoms with van der Waals surface area (Å²) < 4.78 is 0. The van der Waals surface area contributed by atoms with E-state index in [0.717, 1.165) is 25.8 Å². The molecule has 0 unspecified atom stereocenters. The minimum Gasteiger partial charge on any atom is -0.480 e. The molecule has 1 atom stereocenters. The SMILES string of the molecule is N[C@](CCCCB(O)O)(C(=O)O)C1CC(NCc2ccc(Cc3ccccc3)cc2)C1. The van der Waals surface area contributed by atoms with E-state index in [1.807, 2.05) is 6.07 Å². The highest BCUT2D eigenvalue weighted by Crippen LogP contribution is 2.38. The lowest BCUT2D eigenvalue weighted by Crippen LogP contribution is -2.61. The molecule has 0 saturated heterocycles. The molecule has 0 heterocycles. The van der Waals surface area contributed by atoms with Crippen LogP contribution in [0.1, 0.15) is 48.8 Å². The molecule has 1 aliphatic rings. The van der Waals surface area contributed by atoms with Crippen LogP contribution in [0.4, 0.5) is 0 Å². The van der Waals surface area contributed by atoms with Crippen LogP contribution in [-0.2, 0) is 17.8 Å². The number of carboxylic acid groups (broad SMARTS) is 1. The van der Waals surface area contributed by atoms with Gasteiger partial charge >= 0.3 is 13.1 Å². The van der Waals surface area contributed by atoms with Gasteiger partial charge in [0.1, 0.15) is 5.54 Å². The largest absolute Gasteiger partial charge is 0.480 e. The second-order valence-electron chi connectivity index (χ2n) is 8.80. The van der Waals surface area contributed by atoms with Crippen LogP contribution in [0.3, 0.4) is 0 Å². The van der Waals surface area contributed by atoms with Gasteiger partial charge in [-0.05, 0) is 54.6 Å². The average Bonchev–Trinajstić information content (AvgIpc) is 2.72. The molecule has 3 rings (SSSR count). The van der Waals surface area contributed by atoms with Crippen molar-refractivity contribution in [3.8, 4) is 0 Å². The highest BCUT2D eigenvalue weighted by molar-refractivity contribution is 6.40. The minimum absolute atomic E-state index is 0.0604. The summed E-state index contributed by atoms with van der Waals surface area (Å²) in [5, 5.41) is 31.0. The number of hydrogen-bond donors (Lipinski definition) is 5. The van der Waals surface area contributed by atoms with Crippen LogP contribution < -0.4 is 11.1 Å². The summed E-state index contributed by atoms with van der Waals surface area (Å²) in [4.78, 5) is 11.8. The molecule has 0 aliphatic heterocycles. The number of nitrogens with one attached hydrogen (secondary N) is 1. The van der Waals surface area contributed by atoms with Crippen molar-refractivity contribution in [2.24, 2.45) is 11.7 Å². The number of benzene rings is 2. The van der Waals surface area contributed by atoms with Gasteiger partial charge < -0.3 is 26.2 Å². The monoisotopic (exact) mass is 424 g/mol. The average molecular weight is 424 g/mol. The highest BCUT2D eigenvalue weighted by atomic mass is 16.4. The standard InChI is InChI=1S/C24H33BN2O4/c26-24(23(28)29,12-4-5-13-25(30)31)21-15-22(16-21)27-17-20-10-8-19(9-11-20)14-18-6-2-1-3-7-18/h1-3,6-11,21-22,27,30-31H,4-5,12-17,26H2,(H,28,29)/t21?,22?,24-/m0/s1. The first kappa shape index (κ1) is 23.5. The van der Waals surface area contributed by atoms with E-state index in [9.17, 15) is 9.90 Å². The van der Waals surface area contributed by atoms with Crippen molar-refractivity contribution < 1.29 is 19.9 Å². The Morgan fingerprint density at radius 2 is 1.61 bits per heavy atom. The maximum atomic E-state index is 11.8. The fraction of sp³-hybridized carbons (Fsp3) is 0.458. The van der Waals surface area contributed by atoms with Gasteiger partial charge in [-0.2, -0.15) is 0 Å². The van der Waals surface area contributed by atoms with E-state index in [2.05, 4.69) is 53.8 Å². The van der Waals surface area contributed by atoms with Gasteiger partial charge in [-0.25, -0.2) is 0 Å². The third-order valence-electron chi connectivity index (χ3n) is 6.44. The van der Waals surface area contributed by atoms with Crippen molar-refractivity contribution in [2.75, 3.05) is 0 Å². The number of hydrogen-bond acceptors (Lipinski definition) is 5. The lowest BCUT2D eigenvalue weighted by Gasteiger charge is -2.45. The Balaban J connectivity index is 1.42. The Bertz CT molecular complexity index is 825. The molecule has 0 aromatic heterocycles. The maximum Gasteiger partial charge on any atom is 0.451 e. The third kappa shape index (κ3) is 6.65. The van der Waals surface area contributed by atoms with Crippen molar-refractivity contribution in [3.63, 3.8) is 0 Å². The van der Waals surface area contributed by atoms with Crippen molar-refractivity contribution >= 4 is 13.1 Å². The summed E-state index contributed by atoms with van der Waals surface area (Å²) in [6, 6.07) is 19.3. The van der Waals surface area contributed by atoms with Crippen LogP contribution >= 0.6 is 0 Å². The predicted octanol–water partition coefficient (Wildman–Crippen LogP) is 2.57. The topological polar surface area (TPSA) is 116 Å². The molecule has 0 bridgehead atoms. The van der Waals surface area contributed by atoms with Crippen LogP contribution in [0.2, 0.25) is 6.32 Å². The Morgan fingerprint density at radius 1 is 1.00 bits per heavy atom. The minimum atomic E-state index is -1.35. The molecule has 1 fully saturated rings. The zero-order valence-electron chi connectivity index (χ0n) is 17.9. The lowest BCUT2D eigenvalue weighted by molar-refractivity contribution is -0.148. The summed E-state index contributed by atoms with van der Waals surface area (Å²) in [6.07, 6.45) is 4.14. The molecule has 7 heteroatoms. The van der Waals surface area contributed by atoms with Crippen molar-refractivity contribution in [3.05, 3.63) is 71.3 Å². The molecule has 0 amide bonds. The molecule has 2 aromatic carbocycles. The Kier molecular flexibility index (Phi) is 8.26. The second kappa shape index (κ2) is 10.9. The zero-order chi connectivity index (χ0) is 22.3. The number of carboxylic acids is 1. The summed E-state index contributed by atoms with van der Waals surface area (Å²) >= 11 is 0. The molecule has 31 heavy (non-hydrogen) atoms. The first-order chi connectivity index (χ1) is 14.9. The van der Waals surface area contributed by atoms with Gasteiger partial charge in [0.2, 0.25) is 0 Å².